The van der Waals surface area contributed by atoms with Crippen molar-refractivity contribution >= 4 is 7.12 Å². The van der Waals surface area contributed by atoms with Crippen molar-refractivity contribution in [1.29, 1.82) is 0 Å². The Morgan fingerprint density at radius 2 is 1.48 bits per heavy atom. The van der Waals surface area contributed by atoms with E-state index in [9.17, 15) is 0 Å². The SMILES string of the molecule is COC(C/C(=C/CCc1ccccc1)B1OC(C)(C)C(C)(C)O1)c1ccccc1. The number of methoxy groups -OCH3 is 1. The zero-order chi connectivity index (χ0) is 20.9. The number of hydrogen-bond acceptors (Lipinski definition) is 3. The van der Waals surface area contributed by atoms with E-state index in [2.05, 4.69) is 88.4 Å². The van der Waals surface area contributed by atoms with Crippen molar-refractivity contribution in [3.05, 3.63) is 83.3 Å². The zero-order valence-electron chi connectivity index (χ0n) is 18.4. The fourth-order valence-corrected chi connectivity index (χ4v) is 3.56. The fraction of sp³-hybridized carbons (Fsp3) is 0.440. The minimum atomic E-state index is -0.356. The molecule has 29 heavy (non-hydrogen) atoms. The fourth-order valence-electron chi connectivity index (χ4n) is 3.56. The molecule has 0 spiro atoms. The van der Waals surface area contributed by atoms with Gasteiger partial charge in [0, 0.05) is 7.11 Å². The summed E-state index contributed by atoms with van der Waals surface area (Å²) in [5.41, 5.74) is 2.94. The molecular weight excluding hydrogens is 359 g/mol. The van der Waals surface area contributed by atoms with Gasteiger partial charge in [-0.3, -0.25) is 0 Å². The maximum absolute atomic E-state index is 6.36. The van der Waals surface area contributed by atoms with Gasteiger partial charge in [-0.25, -0.2) is 0 Å². The molecule has 0 aliphatic carbocycles. The summed E-state index contributed by atoms with van der Waals surface area (Å²) in [5, 5.41) is 0. The Balaban J connectivity index is 1.80. The number of allylic oxidation sites excluding steroid dienone is 1. The highest BCUT2D eigenvalue weighted by molar-refractivity contribution is 6.54. The maximum Gasteiger partial charge on any atom is 0.490 e. The lowest BCUT2D eigenvalue weighted by Crippen LogP contribution is -2.41. The van der Waals surface area contributed by atoms with E-state index in [0.717, 1.165) is 24.7 Å². The van der Waals surface area contributed by atoms with Crippen LogP contribution in [0.15, 0.2) is 72.2 Å². The lowest BCUT2D eigenvalue weighted by atomic mass is 9.73. The van der Waals surface area contributed by atoms with E-state index in [-0.39, 0.29) is 24.4 Å². The van der Waals surface area contributed by atoms with Crippen LogP contribution in [0.3, 0.4) is 0 Å². The van der Waals surface area contributed by atoms with E-state index in [1.165, 1.54) is 11.1 Å². The molecule has 0 saturated carbocycles. The molecule has 1 unspecified atom stereocenters. The third-order valence-electron chi connectivity index (χ3n) is 6.12. The van der Waals surface area contributed by atoms with Gasteiger partial charge in [-0.2, -0.15) is 0 Å². The van der Waals surface area contributed by atoms with Crippen molar-refractivity contribution in [3.63, 3.8) is 0 Å². The summed E-state index contributed by atoms with van der Waals surface area (Å²) in [6, 6.07) is 20.9. The summed E-state index contributed by atoms with van der Waals surface area (Å²) in [6.45, 7) is 8.39. The van der Waals surface area contributed by atoms with Crippen molar-refractivity contribution in [3.8, 4) is 0 Å². The molecule has 0 aromatic heterocycles. The number of benzene rings is 2. The van der Waals surface area contributed by atoms with E-state index in [1.54, 1.807) is 7.11 Å². The van der Waals surface area contributed by atoms with Crippen LogP contribution in [0.5, 0.6) is 0 Å². The Labute approximate surface area is 176 Å². The van der Waals surface area contributed by atoms with Crippen LogP contribution >= 0.6 is 0 Å². The quantitative estimate of drug-likeness (QED) is 0.519. The van der Waals surface area contributed by atoms with Crippen LogP contribution < -0.4 is 0 Å². The molecule has 154 valence electrons. The van der Waals surface area contributed by atoms with Crippen molar-refractivity contribution < 1.29 is 14.0 Å². The second-order valence-electron chi connectivity index (χ2n) is 8.73. The molecule has 1 fully saturated rings. The van der Waals surface area contributed by atoms with Gasteiger partial charge < -0.3 is 14.0 Å². The molecule has 1 saturated heterocycles. The molecule has 0 amide bonds. The van der Waals surface area contributed by atoms with Crippen LogP contribution in [0.2, 0.25) is 0 Å². The molecule has 3 nitrogen and oxygen atoms in total. The molecular formula is C25H33BO3. The van der Waals surface area contributed by atoms with E-state index < -0.39 is 0 Å². The molecule has 1 atom stereocenters. The van der Waals surface area contributed by atoms with Gasteiger partial charge in [-0.05, 0) is 63.6 Å². The van der Waals surface area contributed by atoms with E-state index in [4.69, 9.17) is 14.0 Å². The normalized spacial score (nSPS) is 19.3. The standard InChI is InChI=1S/C25H33BO3/c1-24(2)25(3,4)29-26(28-24)22(18-12-15-20-13-8-6-9-14-20)19-23(27-5)21-16-10-7-11-17-21/h6-11,13-14,16-18,23H,12,15,19H2,1-5H3/b22-18-. The molecule has 1 heterocycles. The Morgan fingerprint density at radius 1 is 0.931 bits per heavy atom. The highest BCUT2D eigenvalue weighted by atomic mass is 16.7. The number of rotatable bonds is 8. The average Bonchev–Trinajstić information content (AvgIpc) is 2.93. The Hall–Kier alpha value is -1.88. The van der Waals surface area contributed by atoms with Gasteiger partial charge >= 0.3 is 7.12 Å². The predicted octanol–water partition coefficient (Wildman–Crippen LogP) is 5.95. The van der Waals surface area contributed by atoms with Gasteiger partial charge in [0.05, 0.1) is 17.3 Å². The summed E-state index contributed by atoms with van der Waals surface area (Å²) in [7, 11) is 1.42. The summed E-state index contributed by atoms with van der Waals surface area (Å²) < 4.78 is 18.6. The highest BCUT2D eigenvalue weighted by Crippen LogP contribution is 2.40. The third kappa shape index (κ3) is 5.39. The summed E-state index contributed by atoms with van der Waals surface area (Å²) in [5.74, 6) is 0. The Bertz CT molecular complexity index is 783. The number of aryl methyl sites for hydroxylation is 1. The topological polar surface area (TPSA) is 27.7 Å². The molecule has 4 heteroatoms. The first-order valence-corrected chi connectivity index (χ1v) is 10.5. The van der Waals surface area contributed by atoms with Crippen LogP contribution in [0, 0.1) is 0 Å². The molecule has 0 N–H and O–H groups in total. The van der Waals surface area contributed by atoms with Gasteiger partial charge in [0.1, 0.15) is 0 Å². The van der Waals surface area contributed by atoms with E-state index in [1.807, 2.05) is 6.07 Å². The summed E-state index contributed by atoms with van der Waals surface area (Å²) >= 11 is 0. The molecule has 2 aromatic rings. The highest BCUT2D eigenvalue weighted by Gasteiger charge is 2.52. The first-order chi connectivity index (χ1) is 13.8. The largest absolute Gasteiger partial charge is 0.490 e. The lowest BCUT2D eigenvalue weighted by molar-refractivity contribution is 0.00578. The minimum absolute atomic E-state index is 0.0294. The minimum Gasteiger partial charge on any atom is -0.400 e. The van der Waals surface area contributed by atoms with Crippen LogP contribution in [-0.4, -0.2) is 25.4 Å². The first-order valence-electron chi connectivity index (χ1n) is 10.5. The Kier molecular flexibility index (Phi) is 6.99. The van der Waals surface area contributed by atoms with Crippen LogP contribution in [0.25, 0.3) is 0 Å². The molecule has 2 aromatic carbocycles. The van der Waals surface area contributed by atoms with Crippen molar-refractivity contribution in [2.24, 2.45) is 0 Å². The Morgan fingerprint density at radius 3 is 2.03 bits per heavy atom. The molecule has 1 aliphatic heterocycles. The summed E-state index contributed by atoms with van der Waals surface area (Å²) in [6.07, 6.45) is 4.93. The van der Waals surface area contributed by atoms with Crippen LogP contribution in [0.1, 0.15) is 57.8 Å². The van der Waals surface area contributed by atoms with Gasteiger partial charge in [-0.1, -0.05) is 66.7 Å². The zero-order valence-corrected chi connectivity index (χ0v) is 18.4. The van der Waals surface area contributed by atoms with Gasteiger partial charge in [-0.15, -0.1) is 0 Å². The first kappa shape index (κ1) is 21.8. The van der Waals surface area contributed by atoms with Crippen molar-refractivity contribution in [2.75, 3.05) is 7.11 Å². The van der Waals surface area contributed by atoms with E-state index in [0.29, 0.717) is 0 Å². The molecule has 1 aliphatic rings. The molecule has 0 bridgehead atoms. The van der Waals surface area contributed by atoms with Gasteiger partial charge in [0.15, 0.2) is 0 Å². The predicted molar refractivity (Wildman–Crippen MR) is 120 cm³/mol. The molecule has 0 radical (unpaired) electrons. The second kappa shape index (κ2) is 9.29. The smallest absolute Gasteiger partial charge is 0.400 e. The van der Waals surface area contributed by atoms with Crippen LogP contribution in [-0.2, 0) is 20.5 Å². The van der Waals surface area contributed by atoms with Crippen molar-refractivity contribution in [1.82, 2.24) is 0 Å². The van der Waals surface area contributed by atoms with Gasteiger partial charge in [0.25, 0.3) is 0 Å². The van der Waals surface area contributed by atoms with Crippen molar-refractivity contribution in [2.45, 2.75) is 64.3 Å². The maximum atomic E-state index is 6.36. The summed E-state index contributed by atoms with van der Waals surface area (Å²) in [4.78, 5) is 0. The molecule has 3 rings (SSSR count). The third-order valence-corrected chi connectivity index (χ3v) is 6.12. The lowest BCUT2D eigenvalue weighted by Gasteiger charge is -2.32. The number of hydrogen-bond donors (Lipinski definition) is 0. The van der Waals surface area contributed by atoms with Gasteiger partial charge in [0.2, 0.25) is 0 Å². The average molecular weight is 392 g/mol. The number of ether oxygens (including phenoxy) is 1. The van der Waals surface area contributed by atoms with Crippen LogP contribution in [0.4, 0.5) is 0 Å². The monoisotopic (exact) mass is 392 g/mol. The van der Waals surface area contributed by atoms with E-state index >= 15 is 0 Å². The second-order valence-corrected chi connectivity index (χ2v) is 8.73.